The highest BCUT2D eigenvalue weighted by atomic mass is 79.9. The van der Waals surface area contributed by atoms with Crippen LogP contribution in [0.25, 0.3) is 0 Å². The van der Waals surface area contributed by atoms with E-state index in [4.69, 9.17) is 0 Å². The summed E-state index contributed by atoms with van der Waals surface area (Å²) in [5.74, 6) is -0.731. The van der Waals surface area contributed by atoms with Gasteiger partial charge in [0, 0.05) is 13.1 Å². The third-order valence-electron chi connectivity index (χ3n) is 2.68. The normalized spacial score (nSPS) is 15.7. The third kappa shape index (κ3) is 2.68. The van der Waals surface area contributed by atoms with Crippen LogP contribution in [-0.4, -0.2) is 19.7 Å². The van der Waals surface area contributed by atoms with Gasteiger partial charge in [-0.3, -0.25) is 0 Å². The molecule has 1 aliphatic heterocycles. The van der Waals surface area contributed by atoms with Crippen LogP contribution in [0.4, 0.5) is 18.9 Å². The van der Waals surface area contributed by atoms with E-state index in [1.165, 1.54) is 12.1 Å². The molecule has 1 heterocycles. The molecule has 6 heteroatoms. The summed E-state index contributed by atoms with van der Waals surface area (Å²) in [5.41, 5.74) is 0.510. The first-order valence-electron chi connectivity index (χ1n) is 5.27. The predicted octanol–water partition coefficient (Wildman–Crippen LogP) is 3.79. The van der Waals surface area contributed by atoms with E-state index in [1.807, 2.05) is 4.90 Å². The van der Waals surface area contributed by atoms with E-state index in [-0.39, 0.29) is 10.2 Å². The summed E-state index contributed by atoms with van der Waals surface area (Å²) in [6.45, 7) is -1.41. The molecule has 2 nitrogen and oxygen atoms in total. The fraction of sp³-hybridized carbons (Fsp3) is 0.455. The molecule has 0 atom stereocenters. The van der Waals surface area contributed by atoms with Crippen LogP contribution in [0.1, 0.15) is 12.8 Å². The highest BCUT2D eigenvalue weighted by molar-refractivity contribution is 9.10. The molecule has 0 amide bonds. The zero-order chi connectivity index (χ0) is 12.4. The number of hydrogen-bond donors (Lipinski definition) is 0. The minimum absolute atomic E-state index is 0.0535. The summed E-state index contributed by atoms with van der Waals surface area (Å²) >= 11 is 2.95. The quantitative estimate of drug-likeness (QED) is 0.842. The molecule has 1 aliphatic rings. The molecule has 0 unspecified atom stereocenters. The molecule has 1 aromatic carbocycles. The second-order valence-electron chi connectivity index (χ2n) is 3.78. The first-order valence-corrected chi connectivity index (χ1v) is 6.06. The Kier molecular flexibility index (Phi) is 3.81. The summed E-state index contributed by atoms with van der Waals surface area (Å²) in [6.07, 6.45) is 2.01. The summed E-state index contributed by atoms with van der Waals surface area (Å²) in [5, 5.41) is 0. The predicted molar refractivity (Wildman–Crippen MR) is 62.2 cm³/mol. The molecule has 0 aliphatic carbocycles. The van der Waals surface area contributed by atoms with E-state index in [0.29, 0.717) is 5.69 Å². The van der Waals surface area contributed by atoms with Crippen molar-refractivity contribution in [2.75, 3.05) is 18.0 Å². The zero-order valence-electron chi connectivity index (χ0n) is 8.93. The minimum Gasteiger partial charge on any atom is -0.431 e. The molecular weight excluding hydrogens is 299 g/mol. The molecule has 2 rings (SSSR count). The summed E-state index contributed by atoms with van der Waals surface area (Å²) in [7, 11) is 0. The average molecular weight is 310 g/mol. The van der Waals surface area contributed by atoms with Crippen molar-refractivity contribution in [2.24, 2.45) is 0 Å². The van der Waals surface area contributed by atoms with Crippen LogP contribution in [0.2, 0.25) is 0 Å². The smallest absolute Gasteiger partial charge is 0.387 e. The maximum Gasteiger partial charge on any atom is 0.387 e. The van der Waals surface area contributed by atoms with Gasteiger partial charge >= 0.3 is 6.61 Å². The molecule has 0 spiro atoms. The number of nitrogens with zero attached hydrogens (tertiary/aromatic N) is 1. The van der Waals surface area contributed by atoms with Gasteiger partial charge in [0.2, 0.25) is 0 Å². The number of anilines is 1. The summed E-state index contributed by atoms with van der Waals surface area (Å²) in [6, 6.07) is 2.72. The molecule has 94 valence electrons. The molecular formula is C11H11BrF3NO. The van der Waals surface area contributed by atoms with Crippen molar-refractivity contribution in [1.29, 1.82) is 0 Å². The van der Waals surface area contributed by atoms with E-state index in [0.717, 1.165) is 25.9 Å². The monoisotopic (exact) mass is 309 g/mol. The molecule has 17 heavy (non-hydrogen) atoms. The van der Waals surface area contributed by atoms with Gasteiger partial charge in [-0.05, 0) is 40.9 Å². The van der Waals surface area contributed by atoms with Gasteiger partial charge in [0.25, 0.3) is 0 Å². The topological polar surface area (TPSA) is 12.5 Å². The number of rotatable bonds is 3. The lowest BCUT2D eigenvalue weighted by Crippen LogP contribution is -2.19. The van der Waals surface area contributed by atoms with Crippen molar-refractivity contribution in [2.45, 2.75) is 19.5 Å². The van der Waals surface area contributed by atoms with Gasteiger partial charge in [-0.2, -0.15) is 8.78 Å². The fourth-order valence-electron chi connectivity index (χ4n) is 1.93. The van der Waals surface area contributed by atoms with Crippen molar-refractivity contribution in [3.05, 3.63) is 22.4 Å². The summed E-state index contributed by atoms with van der Waals surface area (Å²) in [4.78, 5) is 1.92. The Morgan fingerprint density at radius 2 is 1.88 bits per heavy atom. The molecule has 1 aromatic rings. The Bertz CT molecular complexity index is 408. The Balaban J connectivity index is 2.38. The maximum absolute atomic E-state index is 13.3. The molecule has 1 fully saturated rings. The Morgan fingerprint density at radius 1 is 1.24 bits per heavy atom. The largest absolute Gasteiger partial charge is 0.431 e. The lowest BCUT2D eigenvalue weighted by Gasteiger charge is -2.22. The molecule has 0 radical (unpaired) electrons. The van der Waals surface area contributed by atoms with Gasteiger partial charge in [0.05, 0.1) is 10.2 Å². The second kappa shape index (κ2) is 5.16. The van der Waals surface area contributed by atoms with Crippen LogP contribution in [0, 0.1) is 5.82 Å². The van der Waals surface area contributed by atoms with Crippen LogP contribution < -0.4 is 9.64 Å². The number of ether oxygens (including phenoxy) is 1. The van der Waals surface area contributed by atoms with E-state index in [2.05, 4.69) is 20.7 Å². The van der Waals surface area contributed by atoms with Crippen molar-refractivity contribution < 1.29 is 17.9 Å². The van der Waals surface area contributed by atoms with E-state index >= 15 is 0 Å². The van der Waals surface area contributed by atoms with E-state index < -0.39 is 12.4 Å². The zero-order valence-corrected chi connectivity index (χ0v) is 10.5. The highest BCUT2D eigenvalue weighted by Gasteiger charge is 2.22. The SMILES string of the molecule is Fc1ccc(N2CCCC2)c(OC(F)F)c1Br. The van der Waals surface area contributed by atoms with Gasteiger partial charge < -0.3 is 9.64 Å². The van der Waals surface area contributed by atoms with Crippen molar-refractivity contribution >= 4 is 21.6 Å². The van der Waals surface area contributed by atoms with Crippen LogP contribution in [0.3, 0.4) is 0 Å². The Labute approximate surface area is 105 Å². The standard InChI is InChI=1S/C11H11BrF3NO/c12-9-7(13)3-4-8(10(9)17-11(14)15)16-5-1-2-6-16/h3-4,11H,1-2,5-6H2. The molecule has 0 bridgehead atoms. The van der Waals surface area contributed by atoms with Crippen LogP contribution >= 0.6 is 15.9 Å². The molecule has 0 N–H and O–H groups in total. The van der Waals surface area contributed by atoms with Gasteiger partial charge in [-0.1, -0.05) is 0 Å². The number of halogens is 4. The first-order chi connectivity index (χ1) is 8.09. The number of hydrogen-bond acceptors (Lipinski definition) is 2. The Hall–Kier alpha value is -0.910. The van der Waals surface area contributed by atoms with Gasteiger partial charge in [0.15, 0.2) is 5.75 Å². The van der Waals surface area contributed by atoms with Crippen molar-refractivity contribution in [1.82, 2.24) is 0 Å². The van der Waals surface area contributed by atoms with Crippen LogP contribution in [0.5, 0.6) is 5.75 Å². The lowest BCUT2D eigenvalue weighted by molar-refractivity contribution is -0.0501. The first kappa shape index (κ1) is 12.5. The molecule has 0 aromatic heterocycles. The average Bonchev–Trinajstić information content (AvgIpc) is 2.78. The summed E-state index contributed by atoms with van der Waals surface area (Å²) < 4.78 is 42.3. The van der Waals surface area contributed by atoms with Crippen molar-refractivity contribution in [3.8, 4) is 5.75 Å². The van der Waals surface area contributed by atoms with E-state index in [9.17, 15) is 13.2 Å². The van der Waals surface area contributed by atoms with Crippen LogP contribution in [0.15, 0.2) is 16.6 Å². The maximum atomic E-state index is 13.3. The van der Waals surface area contributed by atoms with E-state index in [1.54, 1.807) is 0 Å². The van der Waals surface area contributed by atoms with Gasteiger partial charge in [-0.25, -0.2) is 4.39 Å². The van der Waals surface area contributed by atoms with Gasteiger partial charge in [-0.15, -0.1) is 0 Å². The molecule has 0 saturated carbocycles. The van der Waals surface area contributed by atoms with Gasteiger partial charge in [0.1, 0.15) is 5.82 Å². The van der Waals surface area contributed by atoms with Crippen molar-refractivity contribution in [3.63, 3.8) is 0 Å². The Morgan fingerprint density at radius 3 is 2.47 bits per heavy atom. The molecule has 1 saturated heterocycles. The number of alkyl halides is 2. The number of benzene rings is 1. The minimum atomic E-state index is -2.96. The fourth-order valence-corrected chi connectivity index (χ4v) is 2.36. The lowest BCUT2D eigenvalue weighted by atomic mass is 10.2. The van der Waals surface area contributed by atoms with Crippen LogP contribution in [-0.2, 0) is 0 Å². The third-order valence-corrected chi connectivity index (χ3v) is 3.42. The highest BCUT2D eigenvalue weighted by Crippen LogP contribution is 2.39. The second-order valence-corrected chi connectivity index (χ2v) is 4.58.